The summed E-state index contributed by atoms with van der Waals surface area (Å²) in [6.07, 6.45) is 1.21. The first kappa shape index (κ1) is 23.5. The van der Waals surface area contributed by atoms with Crippen molar-refractivity contribution < 1.29 is 19.0 Å². The van der Waals surface area contributed by atoms with Crippen LogP contribution < -0.4 is 14.8 Å². The molecule has 0 unspecified atom stereocenters. The van der Waals surface area contributed by atoms with E-state index in [-0.39, 0.29) is 12.4 Å². The maximum absolute atomic E-state index is 11.9. The van der Waals surface area contributed by atoms with Crippen LogP contribution in [0.15, 0.2) is 42.5 Å². The molecule has 162 valence electrons. The Hall–Kier alpha value is -2.80. The van der Waals surface area contributed by atoms with E-state index in [0.717, 1.165) is 29.2 Å². The van der Waals surface area contributed by atoms with Gasteiger partial charge in [-0.15, -0.1) is 0 Å². The van der Waals surface area contributed by atoms with Crippen molar-refractivity contribution in [1.82, 2.24) is 4.90 Å². The van der Waals surface area contributed by atoms with Crippen molar-refractivity contribution in [3.05, 3.63) is 53.6 Å². The molecule has 0 aliphatic carbocycles. The number of thiocarbonyl (C=S) groups is 1. The number of hydrogen-bond acceptors (Lipinski definition) is 5. The topological polar surface area (TPSA) is 60.0 Å². The molecule has 0 saturated heterocycles. The first-order chi connectivity index (χ1) is 14.5. The van der Waals surface area contributed by atoms with Gasteiger partial charge >= 0.3 is 5.97 Å². The van der Waals surface area contributed by atoms with Crippen molar-refractivity contribution >= 4 is 29.0 Å². The molecular formula is C23H30N2O4S. The van der Waals surface area contributed by atoms with E-state index < -0.39 is 0 Å². The number of carbonyl (C=O) groups is 1. The SMILES string of the molecule is CCOC(=O)CCN(Cc1cc(OC)ccc1OC)C(=S)Nc1ccc(CC)cc1. The van der Waals surface area contributed by atoms with Gasteiger partial charge in [0, 0.05) is 24.3 Å². The summed E-state index contributed by atoms with van der Waals surface area (Å²) in [7, 11) is 3.25. The van der Waals surface area contributed by atoms with Crippen LogP contribution in [0.5, 0.6) is 11.5 Å². The molecule has 2 aromatic rings. The molecule has 0 radical (unpaired) electrons. The first-order valence-corrected chi connectivity index (χ1v) is 10.4. The number of nitrogens with one attached hydrogen (secondary N) is 1. The highest BCUT2D eigenvalue weighted by atomic mass is 32.1. The van der Waals surface area contributed by atoms with Gasteiger partial charge in [-0.05, 0) is 61.5 Å². The third-order valence-corrected chi connectivity index (χ3v) is 5.00. The number of benzene rings is 2. The lowest BCUT2D eigenvalue weighted by atomic mass is 10.1. The Morgan fingerprint density at radius 3 is 2.40 bits per heavy atom. The largest absolute Gasteiger partial charge is 0.497 e. The van der Waals surface area contributed by atoms with Crippen molar-refractivity contribution in [1.29, 1.82) is 0 Å². The molecule has 6 nitrogen and oxygen atoms in total. The number of rotatable bonds is 10. The molecule has 0 amide bonds. The maximum atomic E-state index is 11.9. The van der Waals surface area contributed by atoms with Gasteiger partial charge < -0.3 is 24.4 Å². The molecule has 2 rings (SSSR count). The summed E-state index contributed by atoms with van der Waals surface area (Å²) in [6.45, 7) is 5.14. The average Bonchev–Trinajstić information content (AvgIpc) is 2.77. The quantitative estimate of drug-likeness (QED) is 0.442. The van der Waals surface area contributed by atoms with Gasteiger partial charge in [-0.25, -0.2) is 0 Å². The number of hydrogen-bond donors (Lipinski definition) is 1. The number of carbonyl (C=O) groups excluding carboxylic acids is 1. The van der Waals surface area contributed by atoms with Crippen LogP contribution in [0.2, 0.25) is 0 Å². The van der Waals surface area contributed by atoms with Crippen molar-refractivity contribution in [3.8, 4) is 11.5 Å². The average molecular weight is 431 g/mol. The molecule has 0 saturated carbocycles. The van der Waals surface area contributed by atoms with Crippen LogP contribution in [0.25, 0.3) is 0 Å². The van der Waals surface area contributed by atoms with E-state index in [4.69, 9.17) is 26.4 Å². The van der Waals surface area contributed by atoms with Crippen molar-refractivity contribution in [2.24, 2.45) is 0 Å². The zero-order valence-electron chi connectivity index (χ0n) is 18.1. The summed E-state index contributed by atoms with van der Waals surface area (Å²) >= 11 is 5.67. The summed E-state index contributed by atoms with van der Waals surface area (Å²) in [4.78, 5) is 13.8. The minimum atomic E-state index is -0.254. The maximum Gasteiger partial charge on any atom is 0.307 e. The summed E-state index contributed by atoms with van der Waals surface area (Å²) in [5.74, 6) is 1.20. The van der Waals surface area contributed by atoms with Gasteiger partial charge in [0.15, 0.2) is 5.11 Å². The molecule has 0 heterocycles. The highest BCUT2D eigenvalue weighted by Crippen LogP contribution is 2.26. The van der Waals surface area contributed by atoms with Crippen LogP contribution in [0.4, 0.5) is 5.69 Å². The number of anilines is 1. The van der Waals surface area contributed by atoms with Gasteiger partial charge in [-0.3, -0.25) is 4.79 Å². The van der Waals surface area contributed by atoms with E-state index in [0.29, 0.717) is 24.8 Å². The predicted molar refractivity (Wildman–Crippen MR) is 123 cm³/mol. The Kier molecular flexibility index (Phi) is 9.41. The normalized spacial score (nSPS) is 10.3. The molecular weight excluding hydrogens is 400 g/mol. The Balaban J connectivity index is 2.20. The standard InChI is InChI=1S/C23H30N2O4S/c1-5-17-7-9-19(10-8-17)24-23(30)25(14-13-22(26)29-6-2)16-18-15-20(27-3)11-12-21(18)28-4/h7-12,15H,5-6,13-14,16H2,1-4H3,(H,24,30). The van der Waals surface area contributed by atoms with Gasteiger partial charge in [0.2, 0.25) is 0 Å². The lowest BCUT2D eigenvalue weighted by molar-refractivity contribution is -0.143. The van der Waals surface area contributed by atoms with Gasteiger partial charge in [0.05, 0.1) is 27.2 Å². The van der Waals surface area contributed by atoms with E-state index in [1.807, 2.05) is 35.2 Å². The molecule has 0 bridgehead atoms. The fraction of sp³-hybridized carbons (Fsp3) is 0.391. The third kappa shape index (κ3) is 6.91. The number of methoxy groups -OCH3 is 2. The van der Waals surface area contributed by atoms with Crippen molar-refractivity contribution in [2.75, 3.05) is 32.7 Å². The molecule has 30 heavy (non-hydrogen) atoms. The zero-order valence-corrected chi connectivity index (χ0v) is 18.9. The number of ether oxygens (including phenoxy) is 3. The van der Waals surface area contributed by atoms with Crippen molar-refractivity contribution in [2.45, 2.75) is 33.2 Å². The van der Waals surface area contributed by atoms with E-state index in [1.165, 1.54) is 5.56 Å². The highest BCUT2D eigenvalue weighted by Gasteiger charge is 2.16. The predicted octanol–water partition coefficient (Wildman–Crippen LogP) is 4.42. The molecule has 0 fully saturated rings. The molecule has 0 aromatic heterocycles. The lowest BCUT2D eigenvalue weighted by Gasteiger charge is -2.26. The summed E-state index contributed by atoms with van der Waals surface area (Å²) < 4.78 is 15.9. The monoisotopic (exact) mass is 430 g/mol. The Morgan fingerprint density at radius 2 is 1.80 bits per heavy atom. The number of nitrogens with zero attached hydrogens (tertiary/aromatic N) is 1. The van der Waals surface area contributed by atoms with Gasteiger partial charge in [0.25, 0.3) is 0 Å². The second-order valence-electron chi connectivity index (χ2n) is 6.63. The molecule has 0 spiro atoms. The number of aryl methyl sites for hydroxylation is 1. The molecule has 2 aromatic carbocycles. The first-order valence-electron chi connectivity index (χ1n) is 10.0. The Bertz CT molecular complexity index is 840. The van der Waals surface area contributed by atoms with Gasteiger partial charge in [0.1, 0.15) is 11.5 Å². The van der Waals surface area contributed by atoms with Gasteiger partial charge in [-0.1, -0.05) is 19.1 Å². The molecule has 0 aliphatic heterocycles. The zero-order chi connectivity index (χ0) is 21.9. The van der Waals surface area contributed by atoms with Crippen LogP contribution in [0.3, 0.4) is 0 Å². The fourth-order valence-corrected chi connectivity index (χ4v) is 3.22. The fourth-order valence-electron chi connectivity index (χ4n) is 2.95. The molecule has 0 atom stereocenters. The summed E-state index contributed by atoms with van der Waals surface area (Å²) in [5.41, 5.74) is 3.06. The minimum Gasteiger partial charge on any atom is -0.497 e. The second-order valence-corrected chi connectivity index (χ2v) is 7.02. The van der Waals surface area contributed by atoms with Crippen molar-refractivity contribution in [3.63, 3.8) is 0 Å². The lowest BCUT2D eigenvalue weighted by Crippen LogP contribution is -2.36. The second kappa shape index (κ2) is 12.0. The Labute approximate surface area is 184 Å². The van der Waals surface area contributed by atoms with Crippen LogP contribution in [-0.2, 0) is 22.5 Å². The van der Waals surface area contributed by atoms with Gasteiger partial charge in [-0.2, -0.15) is 0 Å². The number of esters is 1. The van der Waals surface area contributed by atoms with Crippen LogP contribution in [0.1, 0.15) is 31.4 Å². The van der Waals surface area contributed by atoms with Crippen LogP contribution in [-0.4, -0.2) is 43.4 Å². The summed E-state index contributed by atoms with van der Waals surface area (Å²) in [6, 6.07) is 13.8. The van der Waals surface area contributed by atoms with Crippen LogP contribution in [0, 0.1) is 0 Å². The summed E-state index contributed by atoms with van der Waals surface area (Å²) in [5, 5.41) is 3.79. The van der Waals surface area contributed by atoms with E-state index >= 15 is 0 Å². The highest BCUT2D eigenvalue weighted by molar-refractivity contribution is 7.80. The van der Waals surface area contributed by atoms with E-state index in [9.17, 15) is 4.79 Å². The third-order valence-electron chi connectivity index (χ3n) is 4.64. The molecule has 7 heteroatoms. The van der Waals surface area contributed by atoms with E-state index in [1.54, 1.807) is 21.1 Å². The smallest absolute Gasteiger partial charge is 0.307 e. The minimum absolute atomic E-state index is 0.233. The van der Waals surface area contributed by atoms with Crippen LogP contribution >= 0.6 is 12.2 Å². The molecule has 0 aliphatic rings. The van der Waals surface area contributed by atoms with E-state index in [2.05, 4.69) is 24.4 Å². The molecule has 1 N–H and O–H groups in total. The Morgan fingerprint density at radius 1 is 1.07 bits per heavy atom.